The second-order valence-corrected chi connectivity index (χ2v) is 6.00. The standard InChI is InChI=1S/C20H14F2N4O/c21-16-2-1-3-17(20(16)22)25-19(27)10-13-4-6-14(7-5-13)15-8-9-26-18(11-15)23-12-24-26/h1-9,11-12H,10H2,(H,25,27). The van der Waals surface area contributed by atoms with E-state index in [1.165, 1.54) is 18.5 Å². The molecule has 1 N–H and O–H groups in total. The second kappa shape index (κ2) is 6.95. The summed E-state index contributed by atoms with van der Waals surface area (Å²) in [6.45, 7) is 0. The van der Waals surface area contributed by atoms with Gasteiger partial charge in [-0.1, -0.05) is 30.3 Å². The number of rotatable bonds is 4. The first kappa shape index (κ1) is 16.8. The third kappa shape index (κ3) is 3.52. The number of nitrogens with zero attached hydrogens (tertiary/aromatic N) is 3. The van der Waals surface area contributed by atoms with Crippen molar-refractivity contribution >= 4 is 17.2 Å². The number of nitrogens with one attached hydrogen (secondary N) is 1. The molecule has 0 fully saturated rings. The van der Waals surface area contributed by atoms with Gasteiger partial charge in [-0.05, 0) is 41.0 Å². The molecule has 2 heterocycles. The Kier molecular flexibility index (Phi) is 4.33. The van der Waals surface area contributed by atoms with Crippen LogP contribution in [0.15, 0.2) is 67.1 Å². The number of aromatic nitrogens is 3. The molecule has 2 aromatic heterocycles. The number of pyridine rings is 1. The van der Waals surface area contributed by atoms with Crippen LogP contribution >= 0.6 is 0 Å². The van der Waals surface area contributed by atoms with Crippen molar-refractivity contribution in [1.82, 2.24) is 14.6 Å². The van der Waals surface area contributed by atoms with Gasteiger partial charge in [0, 0.05) is 6.20 Å². The summed E-state index contributed by atoms with van der Waals surface area (Å²) in [4.78, 5) is 16.3. The molecule has 0 spiro atoms. The fraction of sp³-hybridized carbons (Fsp3) is 0.0500. The van der Waals surface area contributed by atoms with Crippen molar-refractivity contribution in [2.45, 2.75) is 6.42 Å². The summed E-state index contributed by atoms with van der Waals surface area (Å²) >= 11 is 0. The summed E-state index contributed by atoms with van der Waals surface area (Å²) in [5.74, 6) is -2.48. The monoisotopic (exact) mass is 364 g/mol. The molecule has 0 saturated heterocycles. The number of fused-ring (bicyclic) bond motifs is 1. The van der Waals surface area contributed by atoms with Gasteiger partial charge in [0.1, 0.15) is 6.33 Å². The first-order valence-electron chi connectivity index (χ1n) is 8.23. The zero-order valence-corrected chi connectivity index (χ0v) is 14.1. The molecule has 0 atom stereocenters. The zero-order chi connectivity index (χ0) is 18.8. The highest BCUT2D eigenvalue weighted by Crippen LogP contribution is 2.21. The summed E-state index contributed by atoms with van der Waals surface area (Å²) in [7, 11) is 0. The van der Waals surface area contributed by atoms with Crippen LogP contribution < -0.4 is 5.32 Å². The predicted molar refractivity (Wildman–Crippen MR) is 97.1 cm³/mol. The van der Waals surface area contributed by atoms with Crippen LogP contribution in [0.3, 0.4) is 0 Å². The van der Waals surface area contributed by atoms with Crippen LogP contribution in [0.25, 0.3) is 16.8 Å². The quantitative estimate of drug-likeness (QED) is 0.598. The highest BCUT2D eigenvalue weighted by molar-refractivity contribution is 5.92. The summed E-state index contributed by atoms with van der Waals surface area (Å²) in [5, 5.41) is 6.45. The summed E-state index contributed by atoms with van der Waals surface area (Å²) in [6, 6.07) is 14.9. The number of carbonyl (C=O) groups excluding carboxylic acids is 1. The fourth-order valence-electron chi connectivity index (χ4n) is 2.79. The van der Waals surface area contributed by atoms with Crippen molar-refractivity contribution in [3.8, 4) is 11.1 Å². The molecule has 1 amide bonds. The maximum absolute atomic E-state index is 13.6. The number of benzene rings is 2. The Labute approximate surface area is 153 Å². The van der Waals surface area contributed by atoms with E-state index in [0.717, 1.165) is 28.4 Å². The predicted octanol–water partition coefficient (Wildman–Crippen LogP) is 3.86. The number of hydrogen-bond acceptors (Lipinski definition) is 3. The smallest absolute Gasteiger partial charge is 0.228 e. The Morgan fingerprint density at radius 3 is 2.67 bits per heavy atom. The summed E-state index contributed by atoms with van der Waals surface area (Å²) in [6.07, 6.45) is 3.37. The maximum atomic E-state index is 13.6. The minimum atomic E-state index is -1.06. The van der Waals surface area contributed by atoms with Gasteiger partial charge in [0.05, 0.1) is 12.1 Å². The molecule has 0 bridgehead atoms. The van der Waals surface area contributed by atoms with Crippen LogP contribution in [-0.2, 0) is 11.2 Å². The number of halogens is 2. The van der Waals surface area contributed by atoms with Gasteiger partial charge < -0.3 is 5.32 Å². The van der Waals surface area contributed by atoms with Crippen LogP contribution in [0.2, 0.25) is 0 Å². The zero-order valence-electron chi connectivity index (χ0n) is 14.1. The average molecular weight is 364 g/mol. The number of anilines is 1. The van der Waals surface area contributed by atoms with Crippen LogP contribution in [0.1, 0.15) is 5.56 Å². The fourth-order valence-corrected chi connectivity index (χ4v) is 2.79. The van der Waals surface area contributed by atoms with Crippen LogP contribution in [0.5, 0.6) is 0 Å². The van der Waals surface area contributed by atoms with E-state index >= 15 is 0 Å². The molecule has 0 aliphatic heterocycles. The third-order valence-corrected chi connectivity index (χ3v) is 4.16. The minimum absolute atomic E-state index is 0.0550. The summed E-state index contributed by atoms with van der Waals surface area (Å²) in [5.41, 5.74) is 3.29. The highest BCUT2D eigenvalue weighted by atomic mass is 19.2. The minimum Gasteiger partial charge on any atom is -0.323 e. The Bertz CT molecular complexity index is 1120. The molecule has 0 radical (unpaired) electrons. The molecule has 0 aliphatic rings. The van der Waals surface area contributed by atoms with E-state index in [9.17, 15) is 13.6 Å². The highest BCUT2D eigenvalue weighted by Gasteiger charge is 2.11. The van der Waals surface area contributed by atoms with Crippen molar-refractivity contribution in [2.24, 2.45) is 0 Å². The second-order valence-electron chi connectivity index (χ2n) is 6.00. The SMILES string of the molecule is O=C(Cc1ccc(-c2ccn3ncnc3c2)cc1)Nc1cccc(F)c1F. The van der Waals surface area contributed by atoms with Crippen molar-refractivity contribution < 1.29 is 13.6 Å². The number of amides is 1. The Morgan fingerprint density at radius 2 is 1.85 bits per heavy atom. The Morgan fingerprint density at radius 1 is 1.04 bits per heavy atom. The molecule has 0 saturated carbocycles. The van der Waals surface area contributed by atoms with Gasteiger partial charge in [-0.15, -0.1) is 0 Å². The van der Waals surface area contributed by atoms with Gasteiger partial charge in [-0.2, -0.15) is 5.10 Å². The van der Waals surface area contributed by atoms with E-state index < -0.39 is 17.5 Å². The lowest BCUT2D eigenvalue weighted by Gasteiger charge is -2.08. The van der Waals surface area contributed by atoms with Crippen LogP contribution in [0.4, 0.5) is 14.5 Å². The van der Waals surface area contributed by atoms with Crippen molar-refractivity contribution in [3.05, 3.63) is 84.3 Å². The first-order chi connectivity index (χ1) is 13.1. The molecule has 5 nitrogen and oxygen atoms in total. The molecule has 4 aromatic rings. The molecule has 0 aliphatic carbocycles. The lowest BCUT2D eigenvalue weighted by molar-refractivity contribution is -0.115. The van der Waals surface area contributed by atoms with Crippen LogP contribution in [-0.4, -0.2) is 20.5 Å². The summed E-state index contributed by atoms with van der Waals surface area (Å²) < 4.78 is 28.5. The van der Waals surface area contributed by atoms with Crippen molar-refractivity contribution in [1.29, 1.82) is 0 Å². The lowest BCUT2D eigenvalue weighted by Crippen LogP contribution is -2.15. The van der Waals surface area contributed by atoms with Gasteiger partial charge in [0.15, 0.2) is 17.3 Å². The lowest BCUT2D eigenvalue weighted by atomic mass is 10.0. The van der Waals surface area contributed by atoms with E-state index in [1.807, 2.05) is 42.6 Å². The molecule has 134 valence electrons. The van der Waals surface area contributed by atoms with Gasteiger partial charge >= 0.3 is 0 Å². The van der Waals surface area contributed by atoms with Crippen molar-refractivity contribution in [2.75, 3.05) is 5.32 Å². The molecule has 7 heteroatoms. The Balaban J connectivity index is 1.47. The van der Waals surface area contributed by atoms with Crippen molar-refractivity contribution in [3.63, 3.8) is 0 Å². The molecule has 0 unspecified atom stereocenters. The molecular weight excluding hydrogens is 350 g/mol. The van der Waals surface area contributed by atoms with Gasteiger partial charge in [0.25, 0.3) is 0 Å². The van der Waals surface area contributed by atoms with E-state index in [4.69, 9.17) is 0 Å². The largest absolute Gasteiger partial charge is 0.323 e. The Hall–Kier alpha value is -3.61. The molecule has 2 aromatic carbocycles. The van der Waals surface area contributed by atoms with E-state index in [1.54, 1.807) is 4.52 Å². The normalized spacial score (nSPS) is 10.9. The first-order valence-corrected chi connectivity index (χ1v) is 8.23. The maximum Gasteiger partial charge on any atom is 0.228 e. The van der Waals surface area contributed by atoms with E-state index in [2.05, 4.69) is 15.4 Å². The van der Waals surface area contributed by atoms with E-state index in [0.29, 0.717) is 0 Å². The topological polar surface area (TPSA) is 59.3 Å². The van der Waals surface area contributed by atoms with Gasteiger partial charge in [0.2, 0.25) is 5.91 Å². The van der Waals surface area contributed by atoms with Gasteiger partial charge in [-0.3, -0.25) is 4.79 Å². The third-order valence-electron chi connectivity index (χ3n) is 4.16. The average Bonchev–Trinajstić information content (AvgIpc) is 3.14. The molecular formula is C20H14F2N4O. The van der Waals surface area contributed by atoms with E-state index in [-0.39, 0.29) is 12.1 Å². The van der Waals surface area contributed by atoms with Crippen LogP contribution in [0, 0.1) is 11.6 Å². The number of hydrogen-bond donors (Lipinski definition) is 1. The van der Waals surface area contributed by atoms with Gasteiger partial charge in [-0.25, -0.2) is 18.3 Å². The molecule has 27 heavy (non-hydrogen) atoms. The molecule has 4 rings (SSSR count). The number of carbonyl (C=O) groups is 1.